The number of para-hydroxylation sites is 2. The van der Waals surface area contributed by atoms with Gasteiger partial charge in [-0.2, -0.15) is 0 Å². The van der Waals surface area contributed by atoms with E-state index in [-0.39, 0.29) is 5.91 Å². The topological polar surface area (TPSA) is 108 Å². The van der Waals surface area contributed by atoms with Gasteiger partial charge in [-0.05, 0) is 71.8 Å². The van der Waals surface area contributed by atoms with Crippen molar-refractivity contribution in [3.63, 3.8) is 0 Å². The van der Waals surface area contributed by atoms with E-state index in [2.05, 4.69) is 100.0 Å². The number of carbonyl (C=O) groups is 2. The molecule has 6 heterocycles. The number of carboxylic acids is 1. The molecule has 0 saturated carbocycles. The molecule has 6 aromatic rings. The zero-order valence-corrected chi connectivity index (χ0v) is 48.3. The molecule has 4 aromatic carbocycles. The molecule has 75 heavy (non-hydrogen) atoms. The lowest BCUT2D eigenvalue weighted by Crippen LogP contribution is -2.49. The minimum atomic E-state index is -0.887. The van der Waals surface area contributed by atoms with Crippen LogP contribution in [-0.4, -0.2) is 146 Å². The molecule has 0 aliphatic carbocycles. The van der Waals surface area contributed by atoms with Gasteiger partial charge >= 0.3 is 5.97 Å². The number of piperazine rings is 4. The smallest absolute Gasteiger partial charge is 0.352 e. The lowest BCUT2D eigenvalue weighted by molar-refractivity contribution is 0.0685. The van der Waals surface area contributed by atoms with Crippen LogP contribution in [0.2, 0.25) is 10.0 Å². The highest BCUT2D eigenvalue weighted by Crippen LogP contribution is 2.29. The number of benzene rings is 4. The first-order valence-corrected chi connectivity index (χ1v) is 32.1. The van der Waals surface area contributed by atoms with Gasteiger partial charge in [0.1, 0.15) is 11.4 Å². The molecule has 4 saturated heterocycles. The van der Waals surface area contributed by atoms with Crippen molar-refractivity contribution in [3.05, 3.63) is 177 Å². The fraction of sp³-hybridized carbons (Fsp3) is 0.357. The number of carbonyl (C=O) groups excluding carboxylic acids is 1. The van der Waals surface area contributed by atoms with Crippen molar-refractivity contribution in [2.75, 3.05) is 124 Å². The number of halogens is 4. The van der Waals surface area contributed by atoms with E-state index < -0.39 is 5.97 Å². The summed E-state index contributed by atoms with van der Waals surface area (Å²) in [6.07, 6.45) is 3.98. The van der Waals surface area contributed by atoms with Crippen molar-refractivity contribution in [1.82, 2.24) is 29.2 Å². The summed E-state index contributed by atoms with van der Waals surface area (Å²) >= 11 is 16.9. The maximum absolute atomic E-state index is 13.3. The van der Waals surface area contributed by atoms with Crippen molar-refractivity contribution < 1.29 is 14.7 Å². The molecule has 1 amide bonds. The number of aryl methyl sites for hydroxylation is 2. The fourth-order valence-corrected chi connectivity index (χ4v) is 10.4. The molecule has 15 nitrogen and oxygen atoms in total. The van der Waals surface area contributed by atoms with Crippen LogP contribution in [0.25, 0.3) is 9.69 Å². The summed E-state index contributed by atoms with van der Waals surface area (Å²) in [4.78, 5) is 47.3. The second-order valence-electron chi connectivity index (χ2n) is 18.7. The van der Waals surface area contributed by atoms with Crippen molar-refractivity contribution in [2.24, 2.45) is 14.1 Å². The summed E-state index contributed by atoms with van der Waals surface area (Å²) in [5.74, 6) is -0.802. The Morgan fingerprint density at radius 3 is 1.39 bits per heavy atom. The van der Waals surface area contributed by atoms with Gasteiger partial charge in [0.2, 0.25) is 0 Å². The van der Waals surface area contributed by atoms with Gasteiger partial charge in [0.25, 0.3) is 5.91 Å². The van der Waals surface area contributed by atoms with E-state index in [1.807, 2.05) is 114 Å². The molecule has 0 spiro atoms. The molecule has 4 aliphatic heterocycles. The second kappa shape index (κ2) is 28.6. The Hall–Kier alpha value is -5.52. The number of aromatic carboxylic acids is 1. The molecule has 10 rings (SSSR count). The van der Waals surface area contributed by atoms with E-state index in [9.17, 15) is 9.59 Å². The van der Waals surface area contributed by atoms with Gasteiger partial charge in [0.05, 0.1) is 34.6 Å². The van der Waals surface area contributed by atoms with E-state index >= 15 is 0 Å². The first-order valence-electron chi connectivity index (χ1n) is 25.0. The Morgan fingerprint density at radius 2 is 0.960 bits per heavy atom. The number of hydrogen-bond donors (Lipinski definition) is 2. The van der Waals surface area contributed by atoms with Gasteiger partial charge in [0, 0.05) is 193 Å². The van der Waals surface area contributed by atoms with E-state index in [1.54, 1.807) is 17.7 Å². The Balaban J connectivity index is 0.000000179. The molecule has 0 atom stereocenters. The zero-order chi connectivity index (χ0) is 53.3. The van der Waals surface area contributed by atoms with Crippen LogP contribution in [0.1, 0.15) is 32.1 Å². The van der Waals surface area contributed by atoms with Crippen LogP contribution in [-0.2, 0) is 27.2 Å². The minimum absolute atomic E-state index is 0.0850. The molecule has 19 heteroatoms. The average molecular weight is 1280 g/mol. The Bertz CT molecular complexity index is 2910. The standard InChI is InChI=1S/C28H31ClN6O.C17H20ClN3O2.C11H13N3.I2/c1-30-23-6-5-7-24(19-23)33-14-16-35(17-15-33)28(36)27-18-22(20-31(27)2)21-32-10-12-34(13-11-32)26-9-4-3-8-25(26)29;1-19-11-13(10-16(19)17(22)23)12-20-6-8-21(9-7-20)15-5-3-2-4-14(15)18;1-12-10-3-2-4-11(9-10)14-7-5-13-6-8-14;1-2/h3-9,18-20H,10-17,21H2,2H3;2-5,10-11H,6-9,12H2,1H3,(H,22,23);2-4,9,13H,5-8H2;. The van der Waals surface area contributed by atoms with Crippen molar-refractivity contribution in [2.45, 2.75) is 13.1 Å². The quantitative estimate of drug-likeness (QED) is 0.102. The first-order chi connectivity index (χ1) is 36.5. The number of rotatable bonds is 10. The Morgan fingerprint density at radius 1 is 0.547 bits per heavy atom. The van der Waals surface area contributed by atoms with E-state index in [1.165, 1.54) is 11.3 Å². The monoisotopic (exact) mass is 1280 g/mol. The summed E-state index contributed by atoms with van der Waals surface area (Å²) in [6, 6.07) is 35.2. The molecule has 4 fully saturated rings. The maximum atomic E-state index is 13.3. The van der Waals surface area contributed by atoms with Crippen LogP contribution in [0.3, 0.4) is 0 Å². The molecule has 4 aliphatic rings. The largest absolute Gasteiger partial charge is 0.477 e. The van der Waals surface area contributed by atoms with Crippen LogP contribution < -0.4 is 24.9 Å². The van der Waals surface area contributed by atoms with Gasteiger partial charge in [-0.25, -0.2) is 14.5 Å². The van der Waals surface area contributed by atoms with Crippen molar-refractivity contribution >= 4 is 106 Å². The Labute approximate surface area is 475 Å². The first kappa shape index (κ1) is 57.2. The van der Waals surface area contributed by atoms with Crippen LogP contribution in [0.5, 0.6) is 0 Å². The van der Waals surface area contributed by atoms with Crippen LogP contribution in [0, 0.1) is 13.1 Å². The third-order valence-electron chi connectivity index (χ3n) is 13.8. The summed E-state index contributed by atoms with van der Waals surface area (Å²) in [7, 11) is 3.72. The highest BCUT2D eigenvalue weighted by molar-refractivity contribution is 15.0. The highest BCUT2D eigenvalue weighted by Gasteiger charge is 2.26. The van der Waals surface area contributed by atoms with Gasteiger partial charge < -0.3 is 44.1 Å². The second-order valence-corrected chi connectivity index (χ2v) is 19.5. The molecule has 0 unspecified atom stereocenters. The summed E-state index contributed by atoms with van der Waals surface area (Å²) in [5, 5.41) is 14.0. The van der Waals surface area contributed by atoms with Gasteiger partial charge in [-0.1, -0.05) is 71.7 Å². The van der Waals surface area contributed by atoms with Crippen LogP contribution in [0.15, 0.2) is 122 Å². The zero-order valence-electron chi connectivity index (χ0n) is 42.5. The van der Waals surface area contributed by atoms with Crippen molar-refractivity contribution in [3.8, 4) is 0 Å². The summed E-state index contributed by atoms with van der Waals surface area (Å²) in [6.45, 7) is 30.3. The number of anilines is 4. The fourth-order valence-electron chi connectivity index (χ4n) is 9.86. The lowest BCUT2D eigenvalue weighted by atomic mass is 10.2. The predicted molar refractivity (Wildman–Crippen MR) is 322 cm³/mol. The molecule has 2 N–H and O–H groups in total. The highest BCUT2D eigenvalue weighted by atomic mass is 128. The third-order valence-corrected chi connectivity index (χ3v) is 14.5. The summed E-state index contributed by atoms with van der Waals surface area (Å²) < 4.78 is 3.63. The number of nitrogens with one attached hydrogen (secondary N) is 1. The number of hydrogen-bond acceptors (Lipinski definition) is 9. The molecule has 0 bridgehead atoms. The number of aromatic nitrogens is 2. The van der Waals surface area contributed by atoms with Gasteiger partial charge in [-0.15, -0.1) is 0 Å². The van der Waals surface area contributed by atoms with E-state index in [4.69, 9.17) is 41.5 Å². The van der Waals surface area contributed by atoms with E-state index in [0.29, 0.717) is 24.5 Å². The average Bonchev–Trinajstić information content (AvgIpc) is 4.02. The van der Waals surface area contributed by atoms with Gasteiger partial charge in [-0.3, -0.25) is 14.6 Å². The molecule has 2 aromatic heterocycles. The van der Waals surface area contributed by atoms with Gasteiger partial charge in [0.15, 0.2) is 11.4 Å². The number of nitrogens with zero attached hydrogens (tertiary/aromatic N) is 11. The maximum Gasteiger partial charge on any atom is 0.352 e. The summed E-state index contributed by atoms with van der Waals surface area (Å²) in [5.41, 5.74) is 9.04. The normalized spacial score (nSPS) is 16.0. The number of carboxylic acid groups (broad SMARTS) is 1. The van der Waals surface area contributed by atoms with E-state index in [0.717, 1.165) is 149 Å². The minimum Gasteiger partial charge on any atom is -0.477 e. The van der Waals surface area contributed by atoms with Crippen LogP contribution in [0.4, 0.5) is 34.1 Å². The third kappa shape index (κ3) is 15.8. The van der Waals surface area contributed by atoms with Crippen molar-refractivity contribution in [1.29, 1.82) is 0 Å². The molecule has 394 valence electrons. The number of amides is 1. The Kier molecular flexibility index (Phi) is 21.8. The predicted octanol–water partition coefficient (Wildman–Crippen LogP) is 10.6. The van der Waals surface area contributed by atoms with Crippen LogP contribution >= 0.6 is 60.4 Å². The molecular formula is C56H64Cl2I2N12O3. The molecule has 0 radical (unpaired) electrons. The molecular weight excluding hydrogens is 1210 g/mol. The lowest BCUT2D eigenvalue weighted by Gasteiger charge is -2.36. The SMILES string of the molecule is Cn1cc(CN2CCN(c3ccccc3Cl)CC2)cc1C(=O)O.II.[C-]#[N+]c1cccc(N2CCN(C(=O)c3cc(CN4CCN(c5ccccc5Cl)CC4)cn3C)CC2)c1.[C-]#[N+]c1cccc(N2CCNCC2)c1.